The summed E-state index contributed by atoms with van der Waals surface area (Å²) in [5.74, 6) is 0.00995. The van der Waals surface area contributed by atoms with E-state index in [0.717, 1.165) is 10.9 Å². The first-order valence-electron chi connectivity index (χ1n) is 6.27. The number of H-pyrrole nitrogens is 1. The van der Waals surface area contributed by atoms with Crippen LogP contribution in [0.3, 0.4) is 0 Å². The standard InChI is InChI=1S/C15H12N2O2S/c18-13(5-6-14(19)15-2-1-7-20-15)10-3-4-12-11(8-10)9-16-17-12/h1-4,7-9H,5-6H2,(H,16,17). The Morgan fingerprint density at radius 3 is 2.80 bits per heavy atom. The maximum atomic E-state index is 12.1. The summed E-state index contributed by atoms with van der Waals surface area (Å²) in [6.07, 6.45) is 2.17. The molecule has 1 N–H and O–H groups in total. The lowest BCUT2D eigenvalue weighted by atomic mass is 10.0. The number of aromatic nitrogens is 2. The van der Waals surface area contributed by atoms with Crippen molar-refractivity contribution in [3.63, 3.8) is 0 Å². The normalized spacial score (nSPS) is 10.8. The van der Waals surface area contributed by atoms with Gasteiger partial charge in [-0.25, -0.2) is 0 Å². The van der Waals surface area contributed by atoms with Crippen LogP contribution in [0.2, 0.25) is 0 Å². The molecule has 0 saturated carbocycles. The minimum atomic E-state index is -0.0157. The Morgan fingerprint density at radius 2 is 2.00 bits per heavy atom. The molecule has 0 spiro atoms. The summed E-state index contributed by atoms with van der Waals surface area (Å²) in [6.45, 7) is 0. The molecule has 3 rings (SSSR count). The van der Waals surface area contributed by atoms with Gasteiger partial charge in [-0.05, 0) is 29.6 Å². The van der Waals surface area contributed by atoms with Crippen LogP contribution in [0, 0.1) is 0 Å². The Hall–Kier alpha value is -2.27. The van der Waals surface area contributed by atoms with Crippen molar-refractivity contribution in [1.29, 1.82) is 0 Å². The van der Waals surface area contributed by atoms with Crippen molar-refractivity contribution >= 4 is 33.8 Å². The minimum Gasteiger partial charge on any atom is -0.294 e. The van der Waals surface area contributed by atoms with Gasteiger partial charge in [0.1, 0.15) is 0 Å². The topological polar surface area (TPSA) is 62.8 Å². The molecule has 0 atom stereocenters. The first kappa shape index (κ1) is 12.7. The number of nitrogens with zero attached hydrogens (tertiary/aromatic N) is 1. The van der Waals surface area contributed by atoms with Crippen molar-refractivity contribution in [3.05, 3.63) is 52.3 Å². The molecule has 0 unspecified atom stereocenters. The van der Waals surface area contributed by atoms with Crippen molar-refractivity contribution in [2.45, 2.75) is 12.8 Å². The molecule has 0 fully saturated rings. The molecule has 4 nitrogen and oxygen atoms in total. The number of carbonyl (C=O) groups is 2. The predicted octanol–water partition coefficient (Wildman–Crippen LogP) is 3.47. The fraction of sp³-hybridized carbons (Fsp3) is 0.133. The summed E-state index contributed by atoms with van der Waals surface area (Å²) in [7, 11) is 0. The molecule has 5 heteroatoms. The number of Topliss-reactive ketones (excluding diaryl/α,β-unsaturated/α-hetero) is 2. The number of carbonyl (C=O) groups excluding carboxylic acids is 2. The summed E-state index contributed by atoms with van der Waals surface area (Å²) in [4.78, 5) is 24.7. The van der Waals surface area contributed by atoms with Gasteiger partial charge in [0.15, 0.2) is 11.6 Å². The van der Waals surface area contributed by atoms with Crippen LogP contribution < -0.4 is 0 Å². The van der Waals surface area contributed by atoms with E-state index in [1.165, 1.54) is 11.3 Å². The summed E-state index contributed by atoms with van der Waals surface area (Å²) >= 11 is 1.41. The van der Waals surface area contributed by atoms with E-state index in [-0.39, 0.29) is 24.4 Å². The lowest BCUT2D eigenvalue weighted by Gasteiger charge is -2.00. The smallest absolute Gasteiger partial charge is 0.173 e. The van der Waals surface area contributed by atoms with Crippen molar-refractivity contribution < 1.29 is 9.59 Å². The third-order valence-corrected chi connectivity index (χ3v) is 4.05. The van der Waals surface area contributed by atoms with E-state index >= 15 is 0 Å². The van der Waals surface area contributed by atoms with Crippen LogP contribution in [0.5, 0.6) is 0 Å². The number of hydrogen-bond acceptors (Lipinski definition) is 4. The van der Waals surface area contributed by atoms with Crippen molar-refractivity contribution in [3.8, 4) is 0 Å². The summed E-state index contributed by atoms with van der Waals surface area (Å²) in [5.41, 5.74) is 1.52. The Balaban J connectivity index is 1.68. The van der Waals surface area contributed by atoms with Gasteiger partial charge in [-0.2, -0.15) is 5.10 Å². The Bertz CT molecular complexity index is 759. The molecular formula is C15H12N2O2S. The highest BCUT2D eigenvalue weighted by atomic mass is 32.1. The zero-order valence-corrected chi connectivity index (χ0v) is 11.4. The monoisotopic (exact) mass is 284 g/mol. The lowest BCUT2D eigenvalue weighted by Crippen LogP contribution is -2.04. The van der Waals surface area contributed by atoms with Crippen LogP contribution in [-0.4, -0.2) is 21.8 Å². The van der Waals surface area contributed by atoms with Crippen molar-refractivity contribution in [2.75, 3.05) is 0 Å². The lowest BCUT2D eigenvalue weighted by molar-refractivity contribution is 0.0919. The first-order valence-corrected chi connectivity index (χ1v) is 7.15. The highest BCUT2D eigenvalue weighted by Crippen LogP contribution is 2.17. The third-order valence-electron chi connectivity index (χ3n) is 3.14. The van der Waals surface area contributed by atoms with Gasteiger partial charge < -0.3 is 0 Å². The third kappa shape index (κ3) is 2.53. The molecule has 1 aromatic carbocycles. The minimum absolute atomic E-state index is 0.0157. The van der Waals surface area contributed by atoms with Gasteiger partial charge in [0, 0.05) is 23.8 Å². The van der Waals surface area contributed by atoms with Gasteiger partial charge in [0.05, 0.1) is 16.6 Å². The number of fused-ring (bicyclic) bond motifs is 1. The van der Waals surface area contributed by atoms with Crippen LogP contribution in [0.4, 0.5) is 0 Å². The second-order valence-electron chi connectivity index (χ2n) is 4.50. The number of nitrogens with one attached hydrogen (secondary N) is 1. The second kappa shape index (κ2) is 5.38. The Labute approximate surface area is 119 Å². The van der Waals surface area contributed by atoms with Gasteiger partial charge in [0.2, 0.25) is 0 Å². The quantitative estimate of drug-likeness (QED) is 0.730. The van der Waals surface area contributed by atoms with Crippen LogP contribution >= 0.6 is 11.3 Å². The van der Waals surface area contributed by atoms with Crippen LogP contribution in [-0.2, 0) is 0 Å². The largest absolute Gasteiger partial charge is 0.294 e. The number of hydrogen-bond donors (Lipinski definition) is 1. The van der Waals surface area contributed by atoms with E-state index in [9.17, 15) is 9.59 Å². The second-order valence-corrected chi connectivity index (χ2v) is 5.44. The van der Waals surface area contributed by atoms with E-state index in [0.29, 0.717) is 10.4 Å². The molecule has 0 aliphatic carbocycles. The summed E-state index contributed by atoms with van der Waals surface area (Å²) in [6, 6.07) is 9.02. The number of aromatic amines is 1. The number of benzene rings is 1. The first-order chi connectivity index (χ1) is 9.74. The van der Waals surface area contributed by atoms with Gasteiger partial charge >= 0.3 is 0 Å². The summed E-state index contributed by atoms with van der Waals surface area (Å²) < 4.78 is 0. The SMILES string of the molecule is O=C(CCC(=O)c1cccs1)c1ccc2[nH]ncc2c1. The highest BCUT2D eigenvalue weighted by Gasteiger charge is 2.12. The van der Waals surface area contributed by atoms with Gasteiger partial charge in [-0.15, -0.1) is 11.3 Å². The predicted molar refractivity (Wildman–Crippen MR) is 78.3 cm³/mol. The molecule has 3 aromatic rings. The highest BCUT2D eigenvalue weighted by molar-refractivity contribution is 7.12. The maximum Gasteiger partial charge on any atom is 0.173 e. The molecule has 0 aliphatic rings. The molecular weight excluding hydrogens is 272 g/mol. The van der Waals surface area contributed by atoms with Crippen LogP contribution in [0.15, 0.2) is 41.9 Å². The molecule has 0 bridgehead atoms. The Kier molecular flexibility index (Phi) is 3.43. The molecule has 0 aliphatic heterocycles. The van der Waals surface area contributed by atoms with Gasteiger partial charge in [0.25, 0.3) is 0 Å². The van der Waals surface area contributed by atoms with E-state index in [4.69, 9.17) is 0 Å². The average Bonchev–Trinajstić information content (AvgIpc) is 3.13. The zero-order chi connectivity index (χ0) is 13.9. The zero-order valence-electron chi connectivity index (χ0n) is 10.6. The van der Waals surface area contributed by atoms with Crippen molar-refractivity contribution in [1.82, 2.24) is 10.2 Å². The molecule has 0 amide bonds. The number of rotatable bonds is 5. The van der Waals surface area contributed by atoms with Crippen LogP contribution in [0.1, 0.15) is 32.9 Å². The fourth-order valence-corrected chi connectivity index (χ4v) is 2.74. The van der Waals surface area contributed by atoms with Gasteiger partial charge in [-0.1, -0.05) is 6.07 Å². The van der Waals surface area contributed by atoms with E-state index in [1.807, 2.05) is 17.5 Å². The van der Waals surface area contributed by atoms with Gasteiger partial charge in [-0.3, -0.25) is 14.7 Å². The molecule has 2 heterocycles. The average molecular weight is 284 g/mol. The fourth-order valence-electron chi connectivity index (χ4n) is 2.05. The molecule has 0 saturated heterocycles. The molecule has 0 radical (unpaired) electrons. The van der Waals surface area contributed by atoms with Crippen LogP contribution in [0.25, 0.3) is 10.9 Å². The van der Waals surface area contributed by atoms with E-state index < -0.39 is 0 Å². The Morgan fingerprint density at radius 1 is 1.15 bits per heavy atom. The summed E-state index contributed by atoms with van der Waals surface area (Å²) in [5, 5.41) is 9.53. The molecule has 100 valence electrons. The molecule has 20 heavy (non-hydrogen) atoms. The maximum absolute atomic E-state index is 12.1. The van der Waals surface area contributed by atoms with Crippen molar-refractivity contribution in [2.24, 2.45) is 0 Å². The van der Waals surface area contributed by atoms with E-state index in [2.05, 4.69) is 10.2 Å². The van der Waals surface area contributed by atoms with E-state index in [1.54, 1.807) is 24.4 Å². The molecule has 2 aromatic heterocycles. The number of ketones is 2. The number of thiophene rings is 1.